The third-order valence-electron chi connectivity index (χ3n) is 6.84. The standard InChI is InChI=1S/C29H30Cl3N3O4S/c1-19(2)20-6-9-22(10-7-20)40(38,39)35-16-14-34(15-17-35)28(37)13-12-27(36)33-26-11-8-21(30)18-24(26)23-4-3-5-25(31)29(23)32/h3-11,18-19H,12-17H2,1-2H3,(H,33,36). The molecule has 0 saturated carbocycles. The fourth-order valence-electron chi connectivity index (χ4n) is 4.50. The Morgan fingerprint density at radius 1 is 0.875 bits per heavy atom. The summed E-state index contributed by atoms with van der Waals surface area (Å²) in [6.07, 6.45) is -0.0407. The van der Waals surface area contributed by atoms with Gasteiger partial charge in [0.05, 0.1) is 14.9 Å². The normalized spacial score (nSPS) is 14.4. The summed E-state index contributed by atoms with van der Waals surface area (Å²) in [4.78, 5) is 27.4. The third-order valence-corrected chi connectivity index (χ3v) is 9.81. The number of anilines is 1. The smallest absolute Gasteiger partial charge is 0.243 e. The molecule has 3 aromatic rings. The second kappa shape index (κ2) is 12.9. The topological polar surface area (TPSA) is 86.8 Å². The summed E-state index contributed by atoms with van der Waals surface area (Å²) in [5.41, 5.74) is 2.78. The van der Waals surface area contributed by atoms with Gasteiger partial charge in [-0.15, -0.1) is 0 Å². The van der Waals surface area contributed by atoms with Crippen molar-refractivity contribution in [1.29, 1.82) is 0 Å². The Morgan fingerprint density at radius 3 is 2.20 bits per heavy atom. The van der Waals surface area contributed by atoms with Crippen molar-refractivity contribution in [1.82, 2.24) is 9.21 Å². The first-order valence-electron chi connectivity index (χ1n) is 12.9. The number of benzene rings is 3. The van der Waals surface area contributed by atoms with Crippen molar-refractivity contribution in [3.05, 3.63) is 81.3 Å². The van der Waals surface area contributed by atoms with Crippen LogP contribution in [0.2, 0.25) is 15.1 Å². The number of rotatable bonds is 8. The number of hydrogen-bond acceptors (Lipinski definition) is 4. The van der Waals surface area contributed by atoms with Crippen LogP contribution in [-0.4, -0.2) is 55.6 Å². The molecule has 1 aliphatic rings. The second-order valence-corrected chi connectivity index (χ2v) is 13.0. The molecular formula is C29H30Cl3N3O4S. The van der Waals surface area contributed by atoms with Crippen LogP contribution in [0.15, 0.2) is 65.6 Å². The van der Waals surface area contributed by atoms with Crippen LogP contribution in [0.5, 0.6) is 0 Å². The van der Waals surface area contributed by atoms with Gasteiger partial charge in [-0.2, -0.15) is 4.31 Å². The van der Waals surface area contributed by atoms with Gasteiger partial charge in [0, 0.05) is 60.9 Å². The average Bonchev–Trinajstić information content (AvgIpc) is 2.94. The molecule has 1 N–H and O–H groups in total. The zero-order valence-corrected chi connectivity index (χ0v) is 25.2. The van der Waals surface area contributed by atoms with Gasteiger partial charge in [0.25, 0.3) is 0 Å². The number of piperazine rings is 1. The molecule has 3 aromatic carbocycles. The van der Waals surface area contributed by atoms with Crippen molar-refractivity contribution in [2.75, 3.05) is 31.5 Å². The monoisotopic (exact) mass is 621 g/mol. The van der Waals surface area contributed by atoms with E-state index in [1.54, 1.807) is 53.4 Å². The summed E-state index contributed by atoms with van der Waals surface area (Å²) in [6, 6.07) is 17.1. The first kappa shape index (κ1) is 30.3. The maximum atomic E-state index is 13.1. The number of sulfonamides is 1. The van der Waals surface area contributed by atoms with Crippen LogP contribution in [0.25, 0.3) is 11.1 Å². The summed E-state index contributed by atoms with van der Waals surface area (Å²) in [7, 11) is -3.65. The summed E-state index contributed by atoms with van der Waals surface area (Å²) < 4.78 is 27.5. The molecule has 0 atom stereocenters. The lowest BCUT2D eigenvalue weighted by molar-refractivity contribution is -0.133. The van der Waals surface area contributed by atoms with Gasteiger partial charge in [-0.25, -0.2) is 8.42 Å². The number of carbonyl (C=O) groups is 2. The van der Waals surface area contributed by atoms with Crippen LogP contribution in [0.3, 0.4) is 0 Å². The fraction of sp³-hybridized carbons (Fsp3) is 0.310. The largest absolute Gasteiger partial charge is 0.340 e. The van der Waals surface area contributed by atoms with Crippen molar-refractivity contribution in [2.24, 2.45) is 0 Å². The minimum absolute atomic E-state index is 0.00388. The van der Waals surface area contributed by atoms with Crippen LogP contribution in [0, 0.1) is 0 Å². The van der Waals surface area contributed by atoms with Gasteiger partial charge < -0.3 is 10.2 Å². The molecule has 1 heterocycles. The van der Waals surface area contributed by atoms with E-state index in [2.05, 4.69) is 19.2 Å². The molecule has 0 spiro atoms. The first-order valence-corrected chi connectivity index (χ1v) is 15.5. The van der Waals surface area contributed by atoms with Crippen LogP contribution in [0.1, 0.15) is 38.2 Å². The van der Waals surface area contributed by atoms with E-state index >= 15 is 0 Å². The minimum atomic E-state index is -3.65. The van der Waals surface area contributed by atoms with Gasteiger partial charge in [0.2, 0.25) is 21.8 Å². The molecule has 0 bridgehead atoms. The van der Waals surface area contributed by atoms with Gasteiger partial charge in [-0.3, -0.25) is 9.59 Å². The lowest BCUT2D eigenvalue weighted by Gasteiger charge is -2.34. The predicted molar refractivity (Wildman–Crippen MR) is 161 cm³/mol. The molecule has 212 valence electrons. The highest BCUT2D eigenvalue weighted by Crippen LogP contribution is 2.38. The van der Waals surface area contributed by atoms with Crippen LogP contribution >= 0.6 is 34.8 Å². The van der Waals surface area contributed by atoms with Crippen LogP contribution in [0.4, 0.5) is 5.69 Å². The van der Waals surface area contributed by atoms with Crippen molar-refractivity contribution < 1.29 is 18.0 Å². The Labute approximate surface area is 250 Å². The molecule has 0 aromatic heterocycles. The molecule has 1 aliphatic heterocycles. The number of halogens is 3. The van der Waals surface area contributed by atoms with E-state index in [0.29, 0.717) is 37.8 Å². The van der Waals surface area contributed by atoms with Crippen molar-refractivity contribution in [3.8, 4) is 11.1 Å². The first-order chi connectivity index (χ1) is 19.0. The Morgan fingerprint density at radius 2 is 1.55 bits per heavy atom. The molecule has 0 radical (unpaired) electrons. The highest BCUT2D eigenvalue weighted by atomic mass is 35.5. The molecule has 0 aliphatic carbocycles. The lowest BCUT2D eigenvalue weighted by Crippen LogP contribution is -2.50. The maximum Gasteiger partial charge on any atom is 0.243 e. The predicted octanol–water partition coefficient (Wildman–Crippen LogP) is 6.69. The highest BCUT2D eigenvalue weighted by molar-refractivity contribution is 7.89. The highest BCUT2D eigenvalue weighted by Gasteiger charge is 2.30. The Hall–Kier alpha value is -2.62. The molecule has 4 rings (SSSR count). The molecule has 1 fully saturated rings. The molecule has 40 heavy (non-hydrogen) atoms. The number of carbonyl (C=O) groups excluding carboxylic acids is 2. The van der Waals surface area contributed by atoms with E-state index in [9.17, 15) is 18.0 Å². The van der Waals surface area contributed by atoms with Crippen molar-refractivity contribution in [3.63, 3.8) is 0 Å². The van der Waals surface area contributed by atoms with Crippen LogP contribution in [-0.2, 0) is 19.6 Å². The maximum absolute atomic E-state index is 13.1. The van der Waals surface area contributed by atoms with Gasteiger partial charge >= 0.3 is 0 Å². The molecule has 2 amide bonds. The van der Waals surface area contributed by atoms with Crippen molar-refractivity contribution >= 4 is 62.3 Å². The summed E-state index contributed by atoms with van der Waals surface area (Å²) in [5, 5.41) is 4.02. The van der Waals surface area contributed by atoms with Gasteiger partial charge in [-0.1, -0.05) is 72.9 Å². The fourth-order valence-corrected chi connectivity index (χ4v) is 6.50. The van der Waals surface area contributed by atoms with Gasteiger partial charge in [0.15, 0.2) is 0 Å². The Kier molecular flexibility index (Phi) is 9.80. The summed E-state index contributed by atoms with van der Waals surface area (Å²) in [5.74, 6) is -0.244. The van der Waals surface area contributed by atoms with Crippen LogP contribution < -0.4 is 5.32 Å². The average molecular weight is 623 g/mol. The number of nitrogens with zero attached hydrogens (tertiary/aromatic N) is 2. The van der Waals surface area contributed by atoms with E-state index in [0.717, 1.165) is 5.56 Å². The Balaban J connectivity index is 1.33. The summed E-state index contributed by atoms with van der Waals surface area (Å²) in [6.45, 7) is 5.02. The quantitative estimate of drug-likeness (QED) is 0.303. The molecule has 11 heteroatoms. The van der Waals surface area contributed by atoms with Gasteiger partial charge in [-0.05, 0) is 47.9 Å². The van der Waals surface area contributed by atoms with E-state index in [4.69, 9.17) is 34.8 Å². The summed E-state index contributed by atoms with van der Waals surface area (Å²) >= 11 is 18.8. The minimum Gasteiger partial charge on any atom is -0.340 e. The molecule has 1 saturated heterocycles. The zero-order valence-electron chi connectivity index (χ0n) is 22.2. The number of nitrogens with one attached hydrogen (secondary N) is 1. The number of amides is 2. The van der Waals surface area contributed by atoms with E-state index in [1.807, 2.05) is 12.1 Å². The molecular weight excluding hydrogens is 593 g/mol. The molecule has 0 unspecified atom stereocenters. The number of hydrogen-bond donors (Lipinski definition) is 1. The zero-order chi connectivity index (χ0) is 29.0. The van der Waals surface area contributed by atoms with Crippen molar-refractivity contribution in [2.45, 2.75) is 37.5 Å². The SMILES string of the molecule is CC(C)c1ccc(S(=O)(=O)N2CCN(C(=O)CCC(=O)Nc3ccc(Cl)cc3-c3cccc(Cl)c3Cl)CC2)cc1. The second-order valence-electron chi connectivity index (χ2n) is 9.85. The van der Waals surface area contributed by atoms with E-state index in [1.165, 1.54) is 4.31 Å². The third kappa shape index (κ3) is 6.98. The van der Waals surface area contributed by atoms with E-state index in [-0.39, 0.29) is 55.7 Å². The van der Waals surface area contributed by atoms with Gasteiger partial charge in [0.1, 0.15) is 0 Å². The Bertz CT molecular complexity index is 1500. The molecule has 7 nitrogen and oxygen atoms in total. The lowest BCUT2D eigenvalue weighted by atomic mass is 10.0. The van der Waals surface area contributed by atoms with E-state index < -0.39 is 10.0 Å².